The average Bonchev–Trinajstić information content (AvgIpc) is 3.07. The van der Waals surface area contributed by atoms with E-state index < -0.39 is 11.9 Å². The minimum atomic E-state index is -0.654. The largest absolute Gasteiger partial charge is 0.465 e. The van der Waals surface area contributed by atoms with Crippen molar-refractivity contribution >= 4 is 17.6 Å². The fourth-order valence-corrected chi connectivity index (χ4v) is 2.69. The second-order valence-corrected chi connectivity index (χ2v) is 5.02. The van der Waals surface area contributed by atoms with Gasteiger partial charge in [0.15, 0.2) is 5.69 Å². The number of carbonyl (C=O) groups is 2. The molecule has 1 aliphatic heterocycles. The number of nitrogens with zero attached hydrogens (tertiary/aromatic N) is 2. The molecule has 0 unspecified atom stereocenters. The minimum absolute atomic E-state index is 0.0193. The summed E-state index contributed by atoms with van der Waals surface area (Å²) in [6.45, 7) is 5.55. The molecule has 1 aliphatic rings. The van der Waals surface area contributed by atoms with Crippen molar-refractivity contribution in [2.24, 2.45) is 0 Å². The Morgan fingerprint density at radius 3 is 2.45 bits per heavy atom. The van der Waals surface area contributed by atoms with Crippen molar-refractivity contribution in [1.82, 2.24) is 4.98 Å². The van der Waals surface area contributed by atoms with Crippen LogP contribution in [0.25, 0.3) is 0 Å². The molecular weight excluding hydrogens is 284 g/mol. The lowest BCUT2D eigenvalue weighted by molar-refractivity contribution is 0.0549. The molecule has 1 aromatic rings. The van der Waals surface area contributed by atoms with E-state index in [0.29, 0.717) is 12.0 Å². The quantitative estimate of drug-likeness (QED) is 0.612. The number of pyridine rings is 1. The number of hydrogen-bond donors (Lipinski definition) is 0. The number of carbonyl (C=O) groups excluding carboxylic acids is 2. The summed E-state index contributed by atoms with van der Waals surface area (Å²) in [5.41, 5.74) is 1.71. The van der Waals surface area contributed by atoms with Crippen LogP contribution in [0.1, 0.15) is 39.3 Å². The third-order valence-electron chi connectivity index (χ3n) is 3.73. The Balaban J connectivity index is 2.64. The average molecular weight is 304 g/mol. The summed E-state index contributed by atoms with van der Waals surface area (Å²) in [5.74, 6) is -1.25. The summed E-state index contributed by atoms with van der Waals surface area (Å²) in [5, 5.41) is 0. The predicted octanol–water partition coefficient (Wildman–Crippen LogP) is 1.98. The van der Waals surface area contributed by atoms with Crippen LogP contribution in [0.15, 0.2) is 18.9 Å². The van der Waals surface area contributed by atoms with E-state index in [1.54, 1.807) is 12.3 Å². The lowest BCUT2D eigenvalue weighted by atomic mass is 10.0. The second kappa shape index (κ2) is 7.06. The number of allylic oxidation sites excluding steroid dienone is 1. The van der Waals surface area contributed by atoms with Gasteiger partial charge < -0.3 is 14.4 Å². The van der Waals surface area contributed by atoms with Gasteiger partial charge in [-0.1, -0.05) is 6.08 Å². The van der Waals surface area contributed by atoms with E-state index in [0.717, 1.165) is 31.6 Å². The highest BCUT2D eigenvalue weighted by Gasteiger charge is 2.28. The zero-order valence-corrected chi connectivity index (χ0v) is 12.9. The van der Waals surface area contributed by atoms with Crippen molar-refractivity contribution in [2.45, 2.75) is 19.3 Å². The van der Waals surface area contributed by atoms with Gasteiger partial charge in [-0.3, -0.25) is 0 Å². The van der Waals surface area contributed by atoms with Crippen LogP contribution in [0.5, 0.6) is 0 Å². The van der Waals surface area contributed by atoms with Gasteiger partial charge in [0, 0.05) is 13.1 Å². The number of rotatable bonds is 5. The molecule has 0 bridgehead atoms. The summed E-state index contributed by atoms with van der Waals surface area (Å²) >= 11 is 0. The summed E-state index contributed by atoms with van der Waals surface area (Å²) < 4.78 is 9.56. The fourth-order valence-electron chi connectivity index (χ4n) is 2.69. The smallest absolute Gasteiger partial charge is 0.357 e. The highest BCUT2D eigenvalue weighted by Crippen LogP contribution is 2.29. The third-order valence-corrected chi connectivity index (χ3v) is 3.73. The molecule has 0 amide bonds. The number of anilines is 1. The molecule has 0 saturated carbocycles. The molecule has 22 heavy (non-hydrogen) atoms. The molecule has 1 aromatic heterocycles. The van der Waals surface area contributed by atoms with Crippen LogP contribution in [0.4, 0.5) is 5.69 Å². The van der Waals surface area contributed by atoms with Crippen LogP contribution in [0, 0.1) is 0 Å². The molecule has 118 valence electrons. The molecule has 1 fully saturated rings. The Labute approximate surface area is 129 Å². The first-order valence-corrected chi connectivity index (χ1v) is 7.18. The van der Waals surface area contributed by atoms with Crippen LogP contribution in [0.2, 0.25) is 0 Å². The molecule has 0 radical (unpaired) electrons. The van der Waals surface area contributed by atoms with Crippen LogP contribution in [-0.4, -0.2) is 44.2 Å². The standard InChI is InChI=1S/C16H20N2O4/c1-4-7-11-12(18-8-5-6-9-18)10-17-14(16(20)22-3)13(11)15(19)21-2/h4,10H,1,5-9H2,2-3H3. The Kier molecular flexibility index (Phi) is 5.14. The maximum Gasteiger partial charge on any atom is 0.357 e. The van der Waals surface area contributed by atoms with Gasteiger partial charge in [-0.2, -0.15) is 0 Å². The molecular formula is C16H20N2O4. The van der Waals surface area contributed by atoms with Gasteiger partial charge in [0.05, 0.1) is 31.7 Å². The summed E-state index contributed by atoms with van der Waals surface area (Å²) in [4.78, 5) is 30.4. The molecule has 1 saturated heterocycles. The van der Waals surface area contributed by atoms with Gasteiger partial charge in [-0.15, -0.1) is 6.58 Å². The Hall–Kier alpha value is -2.37. The van der Waals surface area contributed by atoms with Gasteiger partial charge in [-0.05, 0) is 24.8 Å². The number of ether oxygens (including phenoxy) is 2. The first kappa shape index (κ1) is 16.0. The van der Waals surface area contributed by atoms with Crippen LogP contribution in [0.3, 0.4) is 0 Å². The summed E-state index contributed by atoms with van der Waals surface area (Å²) in [6, 6.07) is 0. The highest BCUT2D eigenvalue weighted by atomic mass is 16.5. The first-order valence-electron chi connectivity index (χ1n) is 7.18. The first-order chi connectivity index (χ1) is 10.6. The molecule has 6 nitrogen and oxygen atoms in total. The van der Waals surface area contributed by atoms with E-state index in [1.807, 2.05) is 0 Å². The maximum atomic E-state index is 12.2. The van der Waals surface area contributed by atoms with Gasteiger partial charge in [0.1, 0.15) is 0 Å². The second-order valence-electron chi connectivity index (χ2n) is 5.02. The summed E-state index contributed by atoms with van der Waals surface area (Å²) in [7, 11) is 2.54. The van der Waals surface area contributed by atoms with E-state index in [2.05, 4.69) is 16.5 Å². The van der Waals surface area contributed by atoms with Crippen molar-refractivity contribution < 1.29 is 19.1 Å². The maximum absolute atomic E-state index is 12.2. The Morgan fingerprint density at radius 2 is 1.91 bits per heavy atom. The Bertz CT molecular complexity index is 592. The zero-order chi connectivity index (χ0) is 16.1. The SMILES string of the molecule is C=CCc1c(N2CCCC2)cnc(C(=O)OC)c1C(=O)OC. The number of aromatic nitrogens is 1. The van der Waals surface area contributed by atoms with Gasteiger partial charge in [0.2, 0.25) is 0 Å². The predicted molar refractivity (Wildman–Crippen MR) is 82.3 cm³/mol. The molecule has 0 atom stereocenters. The van der Waals surface area contributed by atoms with Gasteiger partial charge in [0.25, 0.3) is 0 Å². The summed E-state index contributed by atoms with van der Waals surface area (Å²) in [6.07, 6.45) is 5.97. The van der Waals surface area contributed by atoms with Crippen molar-refractivity contribution in [3.05, 3.63) is 35.7 Å². The van der Waals surface area contributed by atoms with Crippen LogP contribution >= 0.6 is 0 Å². The van der Waals surface area contributed by atoms with Crippen molar-refractivity contribution in [3.63, 3.8) is 0 Å². The molecule has 6 heteroatoms. The Morgan fingerprint density at radius 1 is 1.27 bits per heavy atom. The van der Waals surface area contributed by atoms with E-state index in [-0.39, 0.29) is 11.3 Å². The zero-order valence-electron chi connectivity index (χ0n) is 12.9. The molecule has 0 aromatic carbocycles. The monoisotopic (exact) mass is 304 g/mol. The van der Waals surface area contributed by atoms with E-state index >= 15 is 0 Å². The number of esters is 2. The molecule has 0 aliphatic carbocycles. The topological polar surface area (TPSA) is 68.7 Å². The fraction of sp³-hybridized carbons (Fsp3) is 0.438. The van der Waals surface area contributed by atoms with Crippen molar-refractivity contribution in [1.29, 1.82) is 0 Å². The normalized spacial score (nSPS) is 13.8. The van der Waals surface area contributed by atoms with Crippen molar-refractivity contribution in [3.8, 4) is 0 Å². The molecule has 0 spiro atoms. The van der Waals surface area contributed by atoms with E-state index in [4.69, 9.17) is 9.47 Å². The van der Waals surface area contributed by atoms with E-state index in [1.165, 1.54) is 14.2 Å². The highest BCUT2D eigenvalue weighted by molar-refractivity contribution is 6.04. The van der Waals surface area contributed by atoms with Gasteiger partial charge >= 0.3 is 11.9 Å². The van der Waals surface area contributed by atoms with Crippen LogP contribution < -0.4 is 4.90 Å². The van der Waals surface area contributed by atoms with E-state index in [9.17, 15) is 9.59 Å². The molecule has 2 heterocycles. The third kappa shape index (κ3) is 2.95. The lowest BCUT2D eigenvalue weighted by Gasteiger charge is -2.23. The minimum Gasteiger partial charge on any atom is -0.465 e. The van der Waals surface area contributed by atoms with Gasteiger partial charge in [-0.25, -0.2) is 14.6 Å². The molecule has 2 rings (SSSR count). The lowest BCUT2D eigenvalue weighted by Crippen LogP contribution is -2.24. The number of methoxy groups -OCH3 is 2. The van der Waals surface area contributed by atoms with Crippen LogP contribution in [-0.2, 0) is 15.9 Å². The van der Waals surface area contributed by atoms with Crippen molar-refractivity contribution in [2.75, 3.05) is 32.2 Å². The molecule has 0 N–H and O–H groups in total. The number of hydrogen-bond acceptors (Lipinski definition) is 6.